The van der Waals surface area contributed by atoms with E-state index in [2.05, 4.69) is -6.18 Å². The molecule has 0 bridgehead atoms. The summed E-state index contributed by atoms with van der Waals surface area (Å²) in [5.74, 6) is 0. The van der Waals surface area contributed by atoms with Gasteiger partial charge in [0.2, 0.25) is 0 Å². The number of hydrogen-bond donors (Lipinski definition) is 0. The Kier molecular flexibility index (Phi) is 14.9. The van der Waals surface area contributed by atoms with E-state index < -0.39 is 138 Å². The van der Waals surface area contributed by atoms with Crippen LogP contribution in [0.25, 0.3) is 0 Å². The van der Waals surface area contributed by atoms with E-state index in [4.69, 9.17) is 0 Å². The Labute approximate surface area is 132 Å². The van der Waals surface area contributed by atoms with Crippen molar-refractivity contribution in [3.05, 3.63) is 0 Å². The van der Waals surface area contributed by atoms with Crippen LogP contribution in [0.4, 0.5) is 0 Å². The topological polar surface area (TPSA) is 96.0 Å². The molecule has 0 amide bonds. The minimum atomic E-state index is -3.53. The van der Waals surface area contributed by atoms with Gasteiger partial charge in [0, 0.05) is 0 Å². The van der Waals surface area contributed by atoms with Crippen molar-refractivity contribution >= 4 is 0 Å². The molecule has 0 aromatic heterocycles. The molecule has 0 fully saturated rings. The zero-order valence-corrected chi connectivity index (χ0v) is 12.7. The van der Waals surface area contributed by atoms with Crippen molar-refractivity contribution in [2.24, 2.45) is 0 Å². The van der Waals surface area contributed by atoms with Gasteiger partial charge in [-0.05, 0) is 0 Å². The van der Waals surface area contributed by atoms with Crippen molar-refractivity contribution in [3.8, 4) is 0 Å². The number of rotatable bonds is 6. The molecule has 0 aromatic carbocycles. The van der Waals surface area contributed by atoms with Gasteiger partial charge in [-0.3, -0.25) is 0 Å². The predicted octanol–water partition coefficient (Wildman–Crippen LogP) is -0.680. The molecule has 7 nitrogen and oxygen atoms in total. The van der Waals surface area contributed by atoms with Crippen LogP contribution in [0.3, 0.4) is 0 Å². The quantitative estimate of drug-likeness (QED) is 0.356. The summed E-state index contributed by atoms with van der Waals surface area (Å²) in [5, 5.41) is 0. The fraction of sp³-hybridized carbons (Fsp3) is 0. The van der Waals surface area contributed by atoms with E-state index in [1.807, 2.05) is 0 Å². The van der Waals surface area contributed by atoms with Crippen LogP contribution >= 0.6 is 0 Å². The third-order valence-corrected chi connectivity index (χ3v) is 10.2. The van der Waals surface area contributed by atoms with Crippen molar-refractivity contribution in [3.63, 3.8) is 0 Å². The van der Waals surface area contributed by atoms with Crippen molar-refractivity contribution < 1.29 is 138 Å². The van der Waals surface area contributed by atoms with Gasteiger partial charge in [0.25, 0.3) is 0 Å². The van der Waals surface area contributed by atoms with Crippen molar-refractivity contribution in [1.82, 2.24) is 0 Å². The summed E-state index contributed by atoms with van der Waals surface area (Å²) < 4.78 is 52.8. The van der Waals surface area contributed by atoms with Crippen LogP contribution in [-0.2, 0) is -0.878 Å². The van der Waals surface area contributed by atoms with Gasteiger partial charge in [-0.25, -0.2) is 0 Å². The molecule has 0 radical (unpaired) electrons. The summed E-state index contributed by atoms with van der Waals surface area (Å²) in [4.78, 5) is 0. The minimum absolute atomic E-state index is 1.94. The molecule has 0 aliphatic heterocycles. The van der Waals surface area contributed by atoms with Crippen LogP contribution in [0.2, 0.25) is 0 Å². The van der Waals surface area contributed by atoms with Gasteiger partial charge in [0.1, 0.15) is 0 Å². The van der Waals surface area contributed by atoms with Gasteiger partial charge in [-0.15, -0.1) is 0 Å². The Morgan fingerprint density at radius 1 is 0.909 bits per heavy atom. The standard InChI is InChI=1S/7O.4Tb. The van der Waals surface area contributed by atoms with Crippen molar-refractivity contribution in [1.29, 1.82) is 0 Å². The monoisotopic (exact) mass is 748 g/mol. The summed E-state index contributed by atoms with van der Waals surface area (Å²) in [6, 6.07) is 0. The van der Waals surface area contributed by atoms with Crippen LogP contribution in [0, 0.1) is 138 Å². The fourth-order valence-electron chi connectivity index (χ4n) is 0.0728. The molecule has 0 rings (SSSR count). The Morgan fingerprint density at radius 2 is 1.27 bits per heavy atom. The van der Waals surface area contributed by atoms with Gasteiger partial charge in [0.05, 0.1) is 0 Å². The summed E-state index contributed by atoms with van der Waals surface area (Å²) in [6.07, 6.45) is 0. The molecule has 11 heteroatoms. The average Bonchev–Trinajstić information content (AvgIpc) is 1.87. The SMILES string of the molecule is [O]=[Tb][O][Tb](=[O])[O][Tb](=[O])[O][Tb]=[O]. The molecule has 0 aliphatic rings. The molecule has 0 unspecified atom stereocenters. The molecule has 0 saturated carbocycles. The zero-order chi connectivity index (χ0) is 8.69. The molecule has 0 saturated heterocycles. The maximum atomic E-state index is 10.4. The van der Waals surface area contributed by atoms with Gasteiger partial charge >= 0.3 is 138 Å². The Bertz CT molecular complexity index is 163. The molecule has 0 aromatic rings. The van der Waals surface area contributed by atoms with E-state index in [0.29, 0.717) is 0 Å². The van der Waals surface area contributed by atoms with Crippen LogP contribution in [0.5, 0.6) is 0 Å². The van der Waals surface area contributed by atoms with E-state index >= 15 is 0 Å². The van der Waals surface area contributed by atoms with E-state index in [9.17, 15) is 5.31 Å². The Balaban J connectivity index is 3.65. The molecule has 78 valence electrons. The molecule has 11 heavy (non-hydrogen) atoms. The summed E-state index contributed by atoms with van der Waals surface area (Å²) in [5.41, 5.74) is 0. The second-order valence-corrected chi connectivity index (χ2v) is 10.8. The zero-order valence-electron chi connectivity index (χ0n) is 4.19. The third kappa shape index (κ3) is 10.5. The predicted molar refractivity (Wildman–Crippen MR) is 6.00 cm³/mol. The second kappa shape index (κ2) is 10.7. The van der Waals surface area contributed by atoms with Crippen molar-refractivity contribution in [2.45, 2.75) is 0 Å². The average molecular weight is 748 g/mol. The van der Waals surface area contributed by atoms with E-state index in [1.165, 1.54) is 0 Å². The summed E-state index contributed by atoms with van der Waals surface area (Å²) in [7, 11) is 0. The molecular weight excluding hydrogens is 748 g/mol. The van der Waals surface area contributed by atoms with Crippen LogP contribution in [0.1, 0.15) is 0 Å². The first-order valence-corrected chi connectivity index (χ1v) is 10.1. The molecular formula is O7Tb4. The summed E-state index contributed by atoms with van der Waals surface area (Å²) >= 11 is -10.9. The normalized spacial score (nSPS) is 13.5. The molecule has 0 heterocycles. The molecule has 0 N–H and O–H groups in total. The number of hydrogen-bond acceptors (Lipinski definition) is 7. The third-order valence-electron chi connectivity index (χ3n) is 0.185. The first-order chi connectivity index (χ1) is 5.20. The molecule has 0 spiro atoms. The van der Waals surface area contributed by atoms with E-state index in [0.717, 1.165) is 0 Å². The Hall–Kier alpha value is 4.22. The van der Waals surface area contributed by atoms with Crippen LogP contribution in [-0.4, -0.2) is 0 Å². The van der Waals surface area contributed by atoms with E-state index in [-0.39, 0.29) is 0 Å². The van der Waals surface area contributed by atoms with Crippen LogP contribution in [0.15, 0.2) is 0 Å². The first-order valence-electron chi connectivity index (χ1n) is 1.36. The van der Waals surface area contributed by atoms with Crippen molar-refractivity contribution in [2.75, 3.05) is 0 Å². The molecule has 0 aliphatic carbocycles. The van der Waals surface area contributed by atoms with Gasteiger partial charge in [0.15, 0.2) is 0 Å². The van der Waals surface area contributed by atoms with Gasteiger partial charge in [-0.1, -0.05) is 0 Å². The summed E-state index contributed by atoms with van der Waals surface area (Å²) in [6.45, 7) is 0. The van der Waals surface area contributed by atoms with Gasteiger partial charge in [-0.2, -0.15) is 0 Å². The van der Waals surface area contributed by atoms with E-state index in [1.54, 1.807) is 0 Å². The van der Waals surface area contributed by atoms with Gasteiger partial charge < -0.3 is 0 Å². The fourth-order valence-corrected chi connectivity index (χ4v) is 8.36. The Morgan fingerprint density at radius 3 is 1.55 bits per heavy atom. The maximum absolute atomic E-state index is 10.4. The molecule has 0 atom stereocenters. The van der Waals surface area contributed by atoms with Crippen LogP contribution < -0.4 is 0 Å². The second-order valence-electron chi connectivity index (χ2n) is 0.581. The first kappa shape index (κ1) is 15.2.